The molecular weight excluding hydrogens is 392 g/mol. The molecule has 0 aliphatic carbocycles. The molecule has 0 spiro atoms. The van der Waals surface area contributed by atoms with Crippen LogP contribution in [-0.4, -0.2) is 27.8 Å². The standard InChI is InChI=1S/C21H17ClN4O3/c1-28-17-10-6-14(7-11-17)19-24-21(23-13-18-3-2-12-29-18)26(25-19)20(27)15-4-8-16(22)9-5-15/h2-12H,13H2,1H3,(H,23,24,25). The molecular formula is C21H17ClN4O3. The fraction of sp³-hybridized carbons (Fsp3) is 0.0952. The lowest BCUT2D eigenvalue weighted by Gasteiger charge is -2.06. The second-order valence-electron chi connectivity index (χ2n) is 6.14. The number of halogens is 1. The molecule has 2 heterocycles. The Hall–Kier alpha value is -3.58. The fourth-order valence-electron chi connectivity index (χ4n) is 2.72. The summed E-state index contributed by atoms with van der Waals surface area (Å²) in [7, 11) is 1.60. The number of ether oxygens (including phenoxy) is 1. The number of nitrogens with one attached hydrogen (secondary N) is 1. The summed E-state index contributed by atoms with van der Waals surface area (Å²) in [6.45, 7) is 0.363. The monoisotopic (exact) mass is 408 g/mol. The first-order valence-electron chi connectivity index (χ1n) is 8.82. The Morgan fingerprint density at radius 1 is 1.14 bits per heavy atom. The lowest BCUT2D eigenvalue weighted by atomic mass is 10.2. The molecule has 4 aromatic rings. The average Bonchev–Trinajstić information content (AvgIpc) is 3.42. The molecule has 0 atom stereocenters. The van der Waals surface area contributed by atoms with Gasteiger partial charge < -0.3 is 14.5 Å². The van der Waals surface area contributed by atoms with E-state index in [1.165, 1.54) is 4.68 Å². The van der Waals surface area contributed by atoms with Crippen molar-refractivity contribution in [2.75, 3.05) is 12.4 Å². The summed E-state index contributed by atoms with van der Waals surface area (Å²) in [5.74, 6) is 1.84. The quantitative estimate of drug-likeness (QED) is 0.505. The van der Waals surface area contributed by atoms with Crippen molar-refractivity contribution in [3.8, 4) is 17.1 Å². The Morgan fingerprint density at radius 3 is 2.55 bits per heavy atom. The fourth-order valence-corrected chi connectivity index (χ4v) is 2.85. The largest absolute Gasteiger partial charge is 0.497 e. The lowest BCUT2D eigenvalue weighted by Crippen LogP contribution is -2.17. The number of anilines is 1. The molecule has 0 aliphatic heterocycles. The number of carbonyl (C=O) groups excluding carboxylic acids is 1. The van der Waals surface area contributed by atoms with Gasteiger partial charge >= 0.3 is 0 Å². The number of methoxy groups -OCH3 is 1. The molecule has 0 unspecified atom stereocenters. The zero-order chi connectivity index (χ0) is 20.2. The zero-order valence-electron chi connectivity index (χ0n) is 15.5. The van der Waals surface area contributed by atoms with E-state index in [0.29, 0.717) is 34.7 Å². The van der Waals surface area contributed by atoms with Crippen molar-refractivity contribution in [2.24, 2.45) is 0 Å². The van der Waals surface area contributed by atoms with Crippen LogP contribution in [0.3, 0.4) is 0 Å². The first-order chi connectivity index (χ1) is 14.1. The van der Waals surface area contributed by atoms with Gasteiger partial charge in [0.25, 0.3) is 5.91 Å². The molecule has 1 N–H and O–H groups in total. The van der Waals surface area contributed by atoms with Gasteiger partial charge in [-0.05, 0) is 60.7 Å². The topological polar surface area (TPSA) is 82.2 Å². The van der Waals surface area contributed by atoms with Gasteiger partial charge in [-0.25, -0.2) is 0 Å². The molecule has 2 aromatic heterocycles. The lowest BCUT2D eigenvalue weighted by molar-refractivity contribution is 0.0947. The van der Waals surface area contributed by atoms with E-state index in [1.807, 2.05) is 30.3 Å². The van der Waals surface area contributed by atoms with Crippen LogP contribution in [0.4, 0.5) is 5.95 Å². The van der Waals surface area contributed by atoms with Gasteiger partial charge in [0.15, 0.2) is 5.82 Å². The van der Waals surface area contributed by atoms with E-state index < -0.39 is 0 Å². The molecule has 146 valence electrons. The summed E-state index contributed by atoms with van der Waals surface area (Å²) in [5, 5.41) is 8.09. The number of aromatic nitrogens is 3. The van der Waals surface area contributed by atoms with Crippen LogP contribution in [0, 0.1) is 0 Å². The van der Waals surface area contributed by atoms with Gasteiger partial charge in [0, 0.05) is 16.1 Å². The van der Waals surface area contributed by atoms with E-state index in [9.17, 15) is 4.79 Å². The molecule has 2 aromatic carbocycles. The van der Waals surface area contributed by atoms with Gasteiger partial charge in [0.05, 0.1) is 19.9 Å². The van der Waals surface area contributed by atoms with Crippen molar-refractivity contribution in [1.29, 1.82) is 0 Å². The summed E-state index contributed by atoms with van der Waals surface area (Å²) in [6.07, 6.45) is 1.59. The number of furan rings is 1. The number of hydrogen-bond donors (Lipinski definition) is 1. The molecule has 8 heteroatoms. The van der Waals surface area contributed by atoms with Gasteiger partial charge in [0.2, 0.25) is 5.95 Å². The highest BCUT2D eigenvalue weighted by Crippen LogP contribution is 2.22. The maximum atomic E-state index is 13.0. The van der Waals surface area contributed by atoms with Gasteiger partial charge in [0.1, 0.15) is 11.5 Å². The average molecular weight is 409 g/mol. The van der Waals surface area contributed by atoms with E-state index in [4.69, 9.17) is 20.8 Å². The molecule has 0 saturated carbocycles. The second kappa shape index (κ2) is 8.20. The molecule has 0 bridgehead atoms. The molecule has 7 nitrogen and oxygen atoms in total. The number of carbonyl (C=O) groups is 1. The van der Waals surface area contributed by atoms with Crippen molar-refractivity contribution in [3.05, 3.63) is 83.3 Å². The summed E-state index contributed by atoms with van der Waals surface area (Å²) in [5.41, 5.74) is 1.20. The van der Waals surface area contributed by atoms with E-state index >= 15 is 0 Å². The molecule has 0 saturated heterocycles. The van der Waals surface area contributed by atoms with E-state index in [2.05, 4.69) is 15.4 Å². The van der Waals surface area contributed by atoms with Crippen LogP contribution in [0.2, 0.25) is 5.02 Å². The summed E-state index contributed by atoms with van der Waals surface area (Å²) >= 11 is 5.93. The second-order valence-corrected chi connectivity index (χ2v) is 6.58. The molecule has 0 amide bonds. The van der Waals surface area contributed by atoms with E-state index in [0.717, 1.165) is 11.3 Å². The van der Waals surface area contributed by atoms with Gasteiger partial charge in [-0.15, -0.1) is 5.10 Å². The SMILES string of the molecule is COc1ccc(-c2nc(NCc3ccco3)n(C(=O)c3ccc(Cl)cc3)n2)cc1. The van der Waals surface area contributed by atoms with Crippen LogP contribution in [0.1, 0.15) is 16.1 Å². The van der Waals surface area contributed by atoms with Crippen molar-refractivity contribution in [1.82, 2.24) is 14.8 Å². The highest BCUT2D eigenvalue weighted by Gasteiger charge is 2.19. The summed E-state index contributed by atoms with van der Waals surface area (Å²) in [4.78, 5) is 17.5. The maximum absolute atomic E-state index is 13.0. The first-order valence-corrected chi connectivity index (χ1v) is 9.20. The smallest absolute Gasteiger partial charge is 0.281 e. The Bertz CT molecular complexity index is 1100. The normalized spacial score (nSPS) is 10.7. The highest BCUT2D eigenvalue weighted by atomic mass is 35.5. The van der Waals surface area contributed by atoms with Crippen molar-refractivity contribution < 1.29 is 13.9 Å². The maximum Gasteiger partial charge on any atom is 0.281 e. The van der Waals surface area contributed by atoms with Crippen LogP contribution >= 0.6 is 11.6 Å². The minimum absolute atomic E-state index is 0.312. The van der Waals surface area contributed by atoms with Gasteiger partial charge in [-0.3, -0.25) is 4.79 Å². The highest BCUT2D eigenvalue weighted by molar-refractivity contribution is 6.30. The number of nitrogens with zero attached hydrogens (tertiary/aromatic N) is 3. The Balaban J connectivity index is 1.69. The molecule has 4 rings (SSSR count). The predicted octanol–water partition coefficient (Wildman–Crippen LogP) is 4.50. The Morgan fingerprint density at radius 2 is 1.90 bits per heavy atom. The van der Waals surface area contributed by atoms with Crippen LogP contribution in [0.5, 0.6) is 5.75 Å². The minimum Gasteiger partial charge on any atom is -0.497 e. The molecule has 0 aliphatic rings. The third-order valence-electron chi connectivity index (χ3n) is 4.24. The number of hydrogen-bond acceptors (Lipinski definition) is 6. The van der Waals surface area contributed by atoms with Crippen LogP contribution < -0.4 is 10.1 Å². The van der Waals surface area contributed by atoms with Crippen molar-refractivity contribution in [2.45, 2.75) is 6.54 Å². The van der Waals surface area contributed by atoms with E-state index in [-0.39, 0.29) is 5.91 Å². The molecule has 29 heavy (non-hydrogen) atoms. The first kappa shape index (κ1) is 18.8. The van der Waals surface area contributed by atoms with Crippen LogP contribution in [0.15, 0.2) is 71.3 Å². The third kappa shape index (κ3) is 4.14. The summed E-state index contributed by atoms with van der Waals surface area (Å²) < 4.78 is 11.8. The van der Waals surface area contributed by atoms with Crippen LogP contribution in [-0.2, 0) is 6.54 Å². The Kier molecular flexibility index (Phi) is 5.31. The summed E-state index contributed by atoms with van der Waals surface area (Å²) in [6, 6.07) is 17.5. The third-order valence-corrected chi connectivity index (χ3v) is 4.49. The Labute approximate surface area is 171 Å². The number of benzene rings is 2. The predicted molar refractivity (Wildman–Crippen MR) is 109 cm³/mol. The van der Waals surface area contributed by atoms with Crippen molar-refractivity contribution >= 4 is 23.5 Å². The van der Waals surface area contributed by atoms with Crippen molar-refractivity contribution in [3.63, 3.8) is 0 Å². The zero-order valence-corrected chi connectivity index (χ0v) is 16.3. The van der Waals surface area contributed by atoms with Crippen LogP contribution in [0.25, 0.3) is 11.4 Å². The number of rotatable bonds is 6. The van der Waals surface area contributed by atoms with Gasteiger partial charge in [-0.1, -0.05) is 11.6 Å². The minimum atomic E-state index is -0.323. The molecule has 0 radical (unpaired) electrons. The van der Waals surface area contributed by atoms with Gasteiger partial charge in [-0.2, -0.15) is 9.67 Å². The van der Waals surface area contributed by atoms with E-state index in [1.54, 1.807) is 43.7 Å². The molecule has 0 fully saturated rings.